The van der Waals surface area contributed by atoms with Crippen LogP contribution in [0.15, 0.2) is 24.3 Å². The normalized spacial score (nSPS) is 16.1. The fourth-order valence-corrected chi connectivity index (χ4v) is 2.96. The van der Waals surface area contributed by atoms with Gasteiger partial charge < -0.3 is 9.80 Å². The predicted octanol–water partition coefficient (Wildman–Crippen LogP) is 2.73. The highest BCUT2D eigenvalue weighted by atomic mass is 16.2. The van der Waals surface area contributed by atoms with Crippen molar-refractivity contribution in [1.82, 2.24) is 4.90 Å². The van der Waals surface area contributed by atoms with E-state index >= 15 is 0 Å². The molecule has 0 bridgehead atoms. The highest BCUT2D eigenvalue weighted by molar-refractivity contribution is 6.02. The van der Waals surface area contributed by atoms with Crippen LogP contribution in [0.25, 0.3) is 0 Å². The first-order valence-electron chi connectivity index (χ1n) is 7.77. The van der Waals surface area contributed by atoms with Gasteiger partial charge in [-0.1, -0.05) is 12.1 Å². The first-order valence-corrected chi connectivity index (χ1v) is 7.77. The molecule has 4 heteroatoms. The third-order valence-corrected chi connectivity index (χ3v) is 4.22. The van der Waals surface area contributed by atoms with Gasteiger partial charge in [0.2, 0.25) is 5.91 Å². The molecule has 0 aliphatic carbocycles. The highest BCUT2D eigenvalue weighted by Gasteiger charge is 2.29. The van der Waals surface area contributed by atoms with E-state index in [2.05, 4.69) is 4.90 Å². The van der Waals surface area contributed by atoms with Gasteiger partial charge in [-0.2, -0.15) is 0 Å². The second-order valence-electron chi connectivity index (χ2n) is 5.42. The molecule has 1 aliphatic heterocycles. The molecule has 1 aromatic rings. The van der Waals surface area contributed by atoms with E-state index in [0.29, 0.717) is 19.5 Å². The van der Waals surface area contributed by atoms with Crippen LogP contribution in [0.5, 0.6) is 0 Å². The number of benzene rings is 1. The number of ketones is 1. The molecular weight excluding hydrogens is 264 g/mol. The van der Waals surface area contributed by atoms with Crippen LogP contribution in [0, 0.1) is 0 Å². The minimum absolute atomic E-state index is 0.129. The molecule has 1 unspecified atom stereocenters. The van der Waals surface area contributed by atoms with E-state index < -0.39 is 0 Å². The topological polar surface area (TPSA) is 40.6 Å². The maximum atomic E-state index is 12.6. The van der Waals surface area contributed by atoms with Crippen molar-refractivity contribution in [2.75, 3.05) is 24.5 Å². The lowest BCUT2D eigenvalue weighted by atomic mass is 10.1. The van der Waals surface area contributed by atoms with E-state index in [4.69, 9.17) is 0 Å². The molecule has 114 valence electrons. The summed E-state index contributed by atoms with van der Waals surface area (Å²) in [6, 6.07) is 7.39. The Morgan fingerprint density at radius 2 is 1.95 bits per heavy atom. The Morgan fingerprint density at radius 3 is 2.62 bits per heavy atom. The third kappa shape index (κ3) is 3.09. The molecule has 2 rings (SSSR count). The van der Waals surface area contributed by atoms with E-state index in [9.17, 15) is 9.59 Å². The lowest BCUT2D eigenvalue weighted by Crippen LogP contribution is -2.47. The van der Waals surface area contributed by atoms with Crippen LogP contribution in [0.4, 0.5) is 5.69 Å². The van der Waals surface area contributed by atoms with Crippen LogP contribution in [0.2, 0.25) is 0 Å². The van der Waals surface area contributed by atoms with Gasteiger partial charge in [0.15, 0.2) is 5.78 Å². The Balaban J connectivity index is 2.32. The van der Waals surface area contributed by atoms with Crippen LogP contribution >= 0.6 is 0 Å². The Hall–Kier alpha value is -1.84. The molecule has 1 heterocycles. The van der Waals surface area contributed by atoms with E-state index in [0.717, 1.165) is 24.2 Å². The van der Waals surface area contributed by atoms with Crippen LogP contribution in [0.3, 0.4) is 0 Å². The summed E-state index contributed by atoms with van der Waals surface area (Å²) in [6.45, 7) is 8.11. The van der Waals surface area contributed by atoms with Crippen LogP contribution in [0.1, 0.15) is 44.0 Å². The molecule has 0 aromatic heterocycles. The fraction of sp³-hybridized carbons (Fsp3) is 0.529. The molecule has 1 aliphatic rings. The van der Waals surface area contributed by atoms with Gasteiger partial charge in [-0.3, -0.25) is 9.59 Å². The maximum Gasteiger partial charge on any atom is 0.244 e. The fourth-order valence-electron chi connectivity index (χ4n) is 2.96. The molecule has 1 atom stereocenters. The van der Waals surface area contributed by atoms with Crippen molar-refractivity contribution in [2.45, 2.75) is 39.7 Å². The zero-order valence-corrected chi connectivity index (χ0v) is 13.1. The van der Waals surface area contributed by atoms with Crippen molar-refractivity contribution in [3.63, 3.8) is 0 Å². The summed E-state index contributed by atoms with van der Waals surface area (Å²) in [4.78, 5) is 28.7. The highest BCUT2D eigenvalue weighted by Crippen LogP contribution is 2.28. The molecule has 1 aromatic carbocycles. The first kappa shape index (κ1) is 15.5. The minimum Gasteiger partial charge on any atom is -0.359 e. The number of hydrogen-bond acceptors (Lipinski definition) is 3. The molecule has 1 amide bonds. The van der Waals surface area contributed by atoms with Gasteiger partial charge in [0.25, 0.3) is 0 Å². The summed E-state index contributed by atoms with van der Waals surface area (Å²) < 4.78 is 0. The number of rotatable bonds is 4. The summed E-state index contributed by atoms with van der Waals surface area (Å²) in [5.74, 6) is 0.305. The number of anilines is 1. The lowest BCUT2D eigenvalue weighted by Gasteiger charge is -2.33. The van der Waals surface area contributed by atoms with E-state index in [1.54, 1.807) is 0 Å². The SMILES string of the molecule is CCN(CC)C(=O)C(C)N1CCCC(=O)c2ccccc21. The number of fused-ring (bicyclic) bond motifs is 1. The third-order valence-electron chi connectivity index (χ3n) is 4.22. The molecule has 0 N–H and O–H groups in total. The number of hydrogen-bond donors (Lipinski definition) is 0. The standard InChI is InChI=1S/C17H24N2O2/c1-4-18(5-2)17(21)13(3)19-12-8-11-16(20)14-9-6-7-10-15(14)19/h6-7,9-10,13H,4-5,8,11-12H2,1-3H3. The van der Waals surface area contributed by atoms with E-state index in [1.807, 2.05) is 49.9 Å². The number of carbonyl (C=O) groups is 2. The number of Topliss-reactive ketones (excluding diaryl/α,β-unsaturated/α-hetero) is 1. The molecule has 0 saturated heterocycles. The zero-order chi connectivity index (χ0) is 15.4. The average molecular weight is 288 g/mol. The Kier molecular flexibility index (Phi) is 4.99. The smallest absolute Gasteiger partial charge is 0.244 e. The number of amides is 1. The molecule has 21 heavy (non-hydrogen) atoms. The number of likely N-dealkylation sites (N-methyl/N-ethyl adjacent to an activating group) is 1. The van der Waals surface area contributed by atoms with Gasteiger partial charge in [0.1, 0.15) is 6.04 Å². The predicted molar refractivity (Wildman–Crippen MR) is 84.7 cm³/mol. The van der Waals surface area contributed by atoms with Crippen LogP contribution in [-0.2, 0) is 4.79 Å². The van der Waals surface area contributed by atoms with Crippen molar-refractivity contribution >= 4 is 17.4 Å². The van der Waals surface area contributed by atoms with Crippen molar-refractivity contribution in [3.05, 3.63) is 29.8 Å². The largest absolute Gasteiger partial charge is 0.359 e. The van der Waals surface area contributed by atoms with Crippen LogP contribution in [-0.4, -0.2) is 42.3 Å². The van der Waals surface area contributed by atoms with Gasteiger partial charge in [-0.25, -0.2) is 0 Å². The Bertz CT molecular complexity index is 523. The van der Waals surface area contributed by atoms with Gasteiger partial charge in [0.05, 0.1) is 0 Å². The number of carbonyl (C=O) groups excluding carboxylic acids is 2. The number of nitrogens with zero attached hydrogens (tertiary/aromatic N) is 2. The van der Waals surface area contributed by atoms with Gasteiger partial charge >= 0.3 is 0 Å². The second-order valence-corrected chi connectivity index (χ2v) is 5.42. The lowest BCUT2D eigenvalue weighted by molar-refractivity contribution is -0.131. The molecule has 0 fully saturated rings. The van der Waals surface area contributed by atoms with Gasteiger partial charge in [-0.15, -0.1) is 0 Å². The summed E-state index contributed by atoms with van der Waals surface area (Å²) in [5, 5.41) is 0. The summed E-state index contributed by atoms with van der Waals surface area (Å²) >= 11 is 0. The molecule has 0 saturated carbocycles. The molecular formula is C17H24N2O2. The summed E-state index contributed by atoms with van der Waals surface area (Å²) in [6.07, 6.45) is 1.35. The molecule has 0 spiro atoms. The van der Waals surface area contributed by atoms with Crippen LogP contribution < -0.4 is 4.90 Å². The van der Waals surface area contributed by atoms with Crippen molar-refractivity contribution in [3.8, 4) is 0 Å². The van der Waals surface area contributed by atoms with Gasteiger partial charge in [-0.05, 0) is 39.3 Å². The second kappa shape index (κ2) is 6.74. The van der Waals surface area contributed by atoms with Crippen molar-refractivity contribution in [2.24, 2.45) is 0 Å². The van der Waals surface area contributed by atoms with Crippen molar-refractivity contribution < 1.29 is 9.59 Å². The monoisotopic (exact) mass is 288 g/mol. The van der Waals surface area contributed by atoms with E-state index in [1.165, 1.54) is 0 Å². The summed E-state index contributed by atoms with van der Waals surface area (Å²) in [7, 11) is 0. The summed E-state index contributed by atoms with van der Waals surface area (Å²) in [5.41, 5.74) is 1.64. The first-order chi connectivity index (χ1) is 10.1. The minimum atomic E-state index is -0.239. The zero-order valence-electron chi connectivity index (χ0n) is 13.1. The van der Waals surface area contributed by atoms with E-state index in [-0.39, 0.29) is 17.7 Å². The maximum absolute atomic E-state index is 12.6. The van der Waals surface area contributed by atoms with Gasteiger partial charge in [0, 0.05) is 37.3 Å². The molecule has 0 radical (unpaired) electrons. The Labute approximate surface area is 126 Å². The number of para-hydroxylation sites is 1. The quantitative estimate of drug-likeness (QED) is 0.855. The van der Waals surface area contributed by atoms with Crippen molar-refractivity contribution in [1.29, 1.82) is 0 Å². The Morgan fingerprint density at radius 1 is 1.29 bits per heavy atom. The average Bonchev–Trinajstić information content (AvgIpc) is 2.67. The molecule has 4 nitrogen and oxygen atoms in total.